The molecule has 0 spiro atoms. The Labute approximate surface area is 123 Å². The first-order chi connectivity index (χ1) is 8.80. The first-order valence-corrected chi connectivity index (χ1v) is 6.62. The molecule has 0 fully saturated rings. The van der Waals surface area contributed by atoms with Gasteiger partial charge in [-0.05, 0) is 11.5 Å². The van der Waals surface area contributed by atoms with Crippen LogP contribution in [-0.4, -0.2) is 18.4 Å². The summed E-state index contributed by atoms with van der Waals surface area (Å²) in [5.74, 6) is 0.314. The van der Waals surface area contributed by atoms with Gasteiger partial charge in [0.15, 0.2) is 0 Å². The van der Waals surface area contributed by atoms with Crippen LogP contribution in [0.3, 0.4) is 0 Å². The first kappa shape index (κ1) is 18.4. The molecule has 1 aromatic rings. The number of hydrogen-bond acceptors (Lipinski definition) is 2. The van der Waals surface area contributed by atoms with Crippen molar-refractivity contribution in [2.24, 2.45) is 16.3 Å². The van der Waals surface area contributed by atoms with Crippen LogP contribution >= 0.6 is 0 Å². The maximum Gasteiger partial charge on any atom is 0.433 e. The summed E-state index contributed by atoms with van der Waals surface area (Å²) in [7, 11) is 0. The van der Waals surface area contributed by atoms with Gasteiger partial charge in [-0.25, -0.2) is 4.79 Å². The molecule has 0 bridgehead atoms. The first-order valence-electron chi connectivity index (χ1n) is 6.62. The van der Waals surface area contributed by atoms with Crippen LogP contribution in [0, 0.1) is 11.3 Å². The predicted octanol–water partition coefficient (Wildman–Crippen LogP) is 4.95. The standard InChI is InChI=1S/C16H23NO2.CH4/c1-12(2)11-19-15(18)17-14(16(3,4)5)13-9-7-6-8-10-13;/h6-10,12H,11H2,1-5H3;1H4. The summed E-state index contributed by atoms with van der Waals surface area (Å²) in [5, 5.41) is 0. The topological polar surface area (TPSA) is 38.7 Å². The minimum atomic E-state index is -0.512. The highest BCUT2D eigenvalue weighted by Gasteiger charge is 2.22. The van der Waals surface area contributed by atoms with E-state index in [1.807, 2.05) is 65.0 Å². The molecule has 3 nitrogen and oxygen atoms in total. The molecular formula is C17H27NO2. The zero-order chi connectivity index (χ0) is 14.5. The van der Waals surface area contributed by atoms with Crippen molar-refractivity contribution < 1.29 is 9.53 Å². The van der Waals surface area contributed by atoms with E-state index >= 15 is 0 Å². The summed E-state index contributed by atoms with van der Waals surface area (Å²) < 4.78 is 5.12. The summed E-state index contributed by atoms with van der Waals surface area (Å²) in [6.07, 6.45) is -0.512. The molecule has 0 heterocycles. The summed E-state index contributed by atoms with van der Waals surface area (Å²) in [4.78, 5) is 15.9. The lowest BCUT2D eigenvalue weighted by molar-refractivity contribution is 0.143. The van der Waals surface area contributed by atoms with Crippen LogP contribution in [0.5, 0.6) is 0 Å². The van der Waals surface area contributed by atoms with Gasteiger partial charge in [-0.2, -0.15) is 4.99 Å². The van der Waals surface area contributed by atoms with Gasteiger partial charge in [-0.1, -0.05) is 72.4 Å². The number of rotatable bonds is 3. The van der Waals surface area contributed by atoms with Crippen molar-refractivity contribution in [3.63, 3.8) is 0 Å². The molecule has 0 aliphatic heterocycles. The number of carbonyl (C=O) groups is 1. The third kappa shape index (κ3) is 6.00. The van der Waals surface area contributed by atoms with Crippen LogP contribution in [0.25, 0.3) is 0 Å². The molecule has 0 radical (unpaired) electrons. The average molecular weight is 277 g/mol. The molecular weight excluding hydrogens is 250 g/mol. The number of benzene rings is 1. The molecule has 0 saturated carbocycles. The maximum atomic E-state index is 11.8. The molecule has 1 aromatic carbocycles. The van der Waals surface area contributed by atoms with E-state index in [4.69, 9.17) is 4.74 Å². The molecule has 1 amide bonds. The molecule has 0 N–H and O–H groups in total. The van der Waals surface area contributed by atoms with E-state index in [9.17, 15) is 4.79 Å². The molecule has 0 saturated heterocycles. The molecule has 112 valence electrons. The highest BCUT2D eigenvalue weighted by atomic mass is 16.5. The number of nitrogens with zero attached hydrogens (tertiary/aromatic N) is 1. The molecule has 3 heteroatoms. The Morgan fingerprint density at radius 3 is 2.20 bits per heavy atom. The minimum Gasteiger partial charge on any atom is -0.448 e. The van der Waals surface area contributed by atoms with E-state index in [1.165, 1.54) is 0 Å². The van der Waals surface area contributed by atoms with Gasteiger partial charge in [0.2, 0.25) is 0 Å². The summed E-state index contributed by atoms with van der Waals surface area (Å²) >= 11 is 0. The molecule has 0 aliphatic carbocycles. The molecule has 1 rings (SSSR count). The second-order valence-corrected chi connectivity index (χ2v) is 6.05. The zero-order valence-corrected chi connectivity index (χ0v) is 12.4. The number of hydrogen-bond donors (Lipinski definition) is 0. The fourth-order valence-electron chi connectivity index (χ4n) is 1.62. The van der Waals surface area contributed by atoms with Crippen molar-refractivity contribution in [1.29, 1.82) is 0 Å². The number of carbonyl (C=O) groups excluding carboxylic acids is 1. The van der Waals surface area contributed by atoms with Gasteiger partial charge in [-0.15, -0.1) is 0 Å². The van der Waals surface area contributed by atoms with Crippen molar-refractivity contribution >= 4 is 11.8 Å². The maximum absolute atomic E-state index is 11.8. The fourth-order valence-corrected chi connectivity index (χ4v) is 1.62. The molecule has 0 unspecified atom stereocenters. The van der Waals surface area contributed by atoms with Gasteiger partial charge >= 0.3 is 6.09 Å². The van der Waals surface area contributed by atoms with E-state index in [0.717, 1.165) is 11.3 Å². The molecule has 20 heavy (non-hydrogen) atoms. The van der Waals surface area contributed by atoms with Crippen LogP contribution in [0.4, 0.5) is 4.79 Å². The van der Waals surface area contributed by atoms with Crippen LogP contribution in [0.1, 0.15) is 47.6 Å². The smallest absolute Gasteiger partial charge is 0.433 e. The Kier molecular flexibility index (Phi) is 7.19. The van der Waals surface area contributed by atoms with Gasteiger partial charge < -0.3 is 4.74 Å². The number of ether oxygens (including phenoxy) is 1. The lowest BCUT2D eigenvalue weighted by Crippen LogP contribution is -2.23. The van der Waals surface area contributed by atoms with Crippen molar-refractivity contribution in [3.05, 3.63) is 35.9 Å². The van der Waals surface area contributed by atoms with Crippen molar-refractivity contribution in [1.82, 2.24) is 0 Å². The lowest BCUT2D eigenvalue weighted by atomic mass is 9.85. The second kappa shape index (κ2) is 7.83. The van der Waals surface area contributed by atoms with Crippen LogP contribution in [0.15, 0.2) is 35.3 Å². The van der Waals surface area contributed by atoms with Crippen LogP contribution < -0.4 is 0 Å². The molecule has 0 atom stereocenters. The zero-order valence-electron chi connectivity index (χ0n) is 12.4. The van der Waals surface area contributed by atoms with Crippen molar-refractivity contribution in [2.45, 2.75) is 42.0 Å². The summed E-state index contributed by atoms with van der Waals surface area (Å²) in [6.45, 7) is 10.5. The SMILES string of the molecule is C.CC(C)COC(=O)N=C(c1ccccc1)C(C)(C)C. The highest BCUT2D eigenvalue weighted by Crippen LogP contribution is 2.22. The Morgan fingerprint density at radius 1 is 1.20 bits per heavy atom. The van der Waals surface area contributed by atoms with Crippen molar-refractivity contribution in [2.75, 3.05) is 6.61 Å². The number of amides is 1. The van der Waals surface area contributed by atoms with Gasteiger partial charge in [0.05, 0.1) is 12.3 Å². The van der Waals surface area contributed by atoms with E-state index in [0.29, 0.717) is 12.5 Å². The van der Waals surface area contributed by atoms with Gasteiger partial charge in [0, 0.05) is 5.41 Å². The Morgan fingerprint density at radius 2 is 1.75 bits per heavy atom. The van der Waals surface area contributed by atoms with Gasteiger partial charge in [0.1, 0.15) is 0 Å². The second-order valence-electron chi connectivity index (χ2n) is 6.05. The third-order valence-electron chi connectivity index (χ3n) is 2.50. The largest absolute Gasteiger partial charge is 0.448 e. The number of aliphatic imine (C=N–C) groups is 1. The summed E-state index contributed by atoms with van der Waals surface area (Å²) in [6, 6.07) is 9.74. The predicted molar refractivity (Wildman–Crippen MR) is 85.4 cm³/mol. The molecule has 0 aromatic heterocycles. The lowest BCUT2D eigenvalue weighted by Gasteiger charge is -2.21. The van der Waals surface area contributed by atoms with Gasteiger partial charge in [0.25, 0.3) is 0 Å². The van der Waals surface area contributed by atoms with E-state index in [-0.39, 0.29) is 12.8 Å². The Bertz CT molecular complexity index is 442. The average Bonchev–Trinajstić information content (AvgIpc) is 2.33. The van der Waals surface area contributed by atoms with E-state index in [2.05, 4.69) is 4.99 Å². The van der Waals surface area contributed by atoms with Gasteiger partial charge in [-0.3, -0.25) is 0 Å². The summed E-state index contributed by atoms with van der Waals surface area (Å²) in [5.41, 5.74) is 1.50. The Hall–Kier alpha value is -1.64. The van der Waals surface area contributed by atoms with Crippen molar-refractivity contribution in [3.8, 4) is 0 Å². The minimum absolute atomic E-state index is 0. The fraction of sp³-hybridized carbons (Fsp3) is 0.529. The van der Waals surface area contributed by atoms with Crippen LogP contribution in [0.2, 0.25) is 0 Å². The Balaban J connectivity index is 0.00000361. The third-order valence-corrected chi connectivity index (χ3v) is 2.50. The molecule has 0 aliphatic rings. The van der Waals surface area contributed by atoms with Crippen LogP contribution in [-0.2, 0) is 4.74 Å². The van der Waals surface area contributed by atoms with E-state index < -0.39 is 6.09 Å². The normalized spacial score (nSPS) is 12.0. The monoisotopic (exact) mass is 277 g/mol. The van der Waals surface area contributed by atoms with E-state index in [1.54, 1.807) is 0 Å². The quantitative estimate of drug-likeness (QED) is 0.733. The highest BCUT2D eigenvalue weighted by molar-refractivity contribution is 6.08.